The van der Waals surface area contributed by atoms with E-state index in [1.807, 2.05) is 13.0 Å². The van der Waals surface area contributed by atoms with Crippen LogP contribution in [0.2, 0.25) is 5.02 Å². The summed E-state index contributed by atoms with van der Waals surface area (Å²) in [5.74, 6) is -3.81. The van der Waals surface area contributed by atoms with Crippen LogP contribution in [-0.4, -0.2) is 35.6 Å². The summed E-state index contributed by atoms with van der Waals surface area (Å²) < 4.78 is 6.00. The lowest BCUT2D eigenvalue weighted by Crippen LogP contribution is -2.39. The first-order chi connectivity index (χ1) is 19.0. The van der Waals surface area contributed by atoms with Gasteiger partial charge in [0, 0.05) is 37.7 Å². The summed E-state index contributed by atoms with van der Waals surface area (Å²) in [4.78, 5) is 55.7. The van der Waals surface area contributed by atoms with Gasteiger partial charge in [-0.2, -0.15) is 0 Å². The number of fused-ring (bicyclic) bond motifs is 3. The smallest absolute Gasteiger partial charge is 0.238 e. The van der Waals surface area contributed by atoms with Crippen LogP contribution in [0.15, 0.2) is 69.2 Å². The lowest BCUT2D eigenvalue weighted by Gasteiger charge is -2.42. The standard InChI is InChI=1S/C31H25BrClNO6/c1-13-4-5-16(11-22(13)33)34-30(38)18-7-6-17-19(26(18)31(34)39)12-20-23(35)8-14(2)28(36)27(20)25(17)21-9-15(32)10-24(40-3)29(21)37/h4-6,8-11,18-19,25-26,37H,7,12H2,1-3H3/t18-,19+,25+,26-/m0/s1. The number of rotatable bonds is 3. The van der Waals surface area contributed by atoms with Crippen LogP contribution in [-0.2, 0) is 19.2 Å². The summed E-state index contributed by atoms with van der Waals surface area (Å²) >= 11 is 9.80. The Morgan fingerprint density at radius 3 is 2.50 bits per heavy atom. The van der Waals surface area contributed by atoms with Crippen LogP contribution in [0.3, 0.4) is 0 Å². The number of amides is 2. The number of aromatic hydroxyl groups is 1. The Morgan fingerprint density at radius 2 is 1.80 bits per heavy atom. The van der Waals surface area contributed by atoms with Crippen molar-refractivity contribution in [2.24, 2.45) is 17.8 Å². The predicted octanol–water partition coefficient (Wildman–Crippen LogP) is 5.76. The van der Waals surface area contributed by atoms with Gasteiger partial charge in [-0.15, -0.1) is 0 Å². The number of carbonyl (C=O) groups is 4. The number of aryl methyl sites for hydroxylation is 1. The summed E-state index contributed by atoms with van der Waals surface area (Å²) in [5.41, 5.74) is 3.31. The van der Waals surface area contributed by atoms with Crippen LogP contribution in [0.5, 0.6) is 11.5 Å². The molecule has 1 aliphatic heterocycles. The van der Waals surface area contributed by atoms with E-state index in [-0.39, 0.29) is 41.3 Å². The minimum Gasteiger partial charge on any atom is -0.504 e. The molecule has 1 N–H and O–H groups in total. The molecule has 1 fully saturated rings. The third kappa shape index (κ3) is 3.84. The van der Waals surface area contributed by atoms with Gasteiger partial charge in [-0.25, -0.2) is 4.90 Å². The van der Waals surface area contributed by atoms with E-state index in [0.29, 0.717) is 43.9 Å². The van der Waals surface area contributed by atoms with Crippen LogP contribution >= 0.6 is 27.5 Å². The number of hydrogen-bond acceptors (Lipinski definition) is 6. The zero-order valence-electron chi connectivity index (χ0n) is 22.0. The number of carbonyl (C=O) groups excluding carboxylic acids is 4. The lowest BCUT2D eigenvalue weighted by atomic mass is 9.59. The number of hydrogen-bond donors (Lipinski definition) is 1. The molecule has 204 valence electrons. The molecule has 4 atom stereocenters. The number of imide groups is 1. The number of phenols is 1. The first-order valence-corrected chi connectivity index (χ1v) is 14.1. The van der Waals surface area contributed by atoms with E-state index >= 15 is 0 Å². The topological polar surface area (TPSA) is 101 Å². The molecule has 3 aliphatic carbocycles. The molecule has 0 saturated carbocycles. The molecule has 0 bridgehead atoms. The Labute approximate surface area is 244 Å². The molecule has 0 unspecified atom stereocenters. The molecule has 2 aromatic rings. The fraction of sp³-hybridized carbons (Fsp3) is 0.290. The minimum atomic E-state index is -0.785. The van der Waals surface area contributed by atoms with E-state index < -0.39 is 23.7 Å². The van der Waals surface area contributed by atoms with Crippen molar-refractivity contribution in [2.75, 3.05) is 12.0 Å². The van der Waals surface area contributed by atoms with Crippen molar-refractivity contribution in [3.63, 3.8) is 0 Å². The molecule has 1 saturated heterocycles. The van der Waals surface area contributed by atoms with Gasteiger partial charge < -0.3 is 9.84 Å². The van der Waals surface area contributed by atoms with Gasteiger partial charge in [0.2, 0.25) is 11.8 Å². The van der Waals surface area contributed by atoms with Gasteiger partial charge in [-0.3, -0.25) is 19.2 Å². The Kier molecular flexibility index (Phi) is 6.39. The zero-order valence-corrected chi connectivity index (χ0v) is 24.3. The average molecular weight is 623 g/mol. The van der Waals surface area contributed by atoms with Crippen LogP contribution < -0.4 is 9.64 Å². The zero-order chi connectivity index (χ0) is 28.6. The van der Waals surface area contributed by atoms with Crippen LogP contribution in [0.1, 0.15) is 36.8 Å². The van der Waals surface area contributed by atoms with E-state index in [1.165, 1.54) is 18.1 Å². The maximum atomic E-state index is 14.0. The van der Waals surface area contributed by atoms with Gasteiger partial charge >= 0.3 is 0 Å². The first kappa shape index (κ1) is 26.7. The van der Waals surface area contributed by atoms with Crippen molar-refractivity contribution in [3.05, 3.63) is 85.4 Å². The highest BCUT2D eigenvalue weighted by Gasteiger charge is 2.57. The summed E-state index contributed by atoms with van der Waals surface area (Å²) in [5, 5.41) is 11.7. The molecular formula is C31H25BrClNO6. The Balaban J connectivity index is 1.52. The van der Waals surface area contributed by atoms with Crippen molar-refractivity contribution < 1.29 is 29.0 Å². The van der Waals surface area contributed by atoms with E-state index in [4.69, 9.17) is 16.3 Å². The normalized spacial score (nSPS) is 25.9. The largest absolute Gasteiger partial charge is 0.504 e. The van der Waals surface area contributed by atoms with Gasteiger partial charge in [0.05, 0.1) is 24.6 Å². The molecule has 4 aliphatic rings. The molecule has 6 rings (SSSR count). The summed E-state index contributed by atoms with van der Waals surface area (Å²) in [6.07, 6.45) is 3.69. The lowest BCUT2D eigenvalue weighted by molar-refractivity contribution is -0.123. The molecular weight excluding hydrogens is 598 g/mol. The van der Waals surface area contributed by atoms with E-state index in [2.05, 4.69) is 15.9 Å². The third-order valence-electron chi connectivity index (χ3n) is 8.58. The van der Waals surface area contributed by atoms with Gasteiger partial charge in [0.1, 0.15) is 0 Å². The Bertz CT molecular complexity index is 1650. The second kappa shape index (κ2) is 9.56. The summed E-state index contributed by atoms with van der Waals surface area (Å²) in [6, 6.07) is 8.40. The number of Topliss-reactive ketones (excluding diaryl/α,β-unsaturated/α-hetero) is 1. The van der Waals surface area contributed by atoms with Crippen LogP contribution in [0.4, 0.5) is 5.69 Å². The number of methoxy groups -OCH3 is 1. The Hall–Kier alpha value is -3.49. The monoisotopic (exact) mass is 621 g/mol. The SMILES string of the molecule is COc1cc(Br)cc([C@H]2C3=CC[C@@H]4C(=O)N(c5ccc(C)c(Cl)c5)C(=O)[C@@H]4[C@@H]3CC3=C2C(=O)C(C)=CC3=O)c1O. The molecule has 40 heavy (non-hydrogen) atoms. The van der Waals surface area contributed by atoms with Crippen molar-refractivity contribution >= 4 is 56.6 Å². The van der Waals surface area contributed by atoms with Gasteiger partial charge in [-0.1, -0.05) is 45.2 Å². The van der Waals surface area contributed by atoms with Crippen LogP contribution in [0.25, 0.3) is 0 Å². The number of anilines is 1. The van der Waals surface area contributed by atoms with Crippen molar-refractivity contribution in [1.82, 2.24) is 0 Å². The van der Waals surface area contributed by atoms with Crippen molar-refractivity contribution in [2.45, 2.75) is 32.6 Å². The average Bonchev–Trinajstić information content (AvgIpc) is 3.18. The second-order valence-corrected chi connectivity index (χ2v) is 12.0. The number of allylic oxidation sites excluding steroid dienone is 6. The molecule has 7 nitrogen and oxygen atoms in total. The summed E-state index contributed by atoms with van der Waals surface area (Å²) in [6.45, 7) is 3.44. The highest BCUT2D eigenvalue weighted by atomic mass is 79.9. The van der Waals surface area contributed by atoms with E-state index in [9.17, 15) is 24.3 Å². The molecule has 9 heteroatoms. The molecule has 2 amide bonds. The van der Waals surface area contributed by atoms with Crippen molar-refractivity contribution in [3.8, 4) is 11.5 Å². The molecule has 2 aromatic carbocycles. The first-order valence-electron chi connectivity index (χ1n) is 12.9. The number of ether oxygens (including phenoxy) is 1. The van der Waals surface area contributed by atoms with E-state index in [1.54, 1.807) is 37.3 Å². The summed E-state index contributed by atoms with van der Waals surface area (Å²) in [7, 11) is 1.43. The molecule has 1 heterocycles. The van der Waals surface area contributed by atoms with Gasteiger partial charge in [0.25, 0.3) is 0 Å². The quantitative estimate of drug-likeness (QED) is 0.266. The molecule has 0 spiro atoms. The Morgan fingerprint density at radius 1 is 1.05 bits per heavy atom. The number of halogens is 2. The van der Waals surface area contributed by atoms with Crippen LogP contribution in [0, 0.1) is 24.7 Å². The van der Waals surface area contributed by atoms with Crippen molar-refractivity contribution in [1.29, 1.82) is 0 Å². The number of phenolic OH excluding ortho intramolecular Hbond substituents is 1. The molecule has 0 radical (unpaired) electrons. The predicted molar refractivity (Wildman–Crippen MR) is 152 cm³/mol. The second-order valence-electron chi connectivity index (χ2n) is 10.7. The highest BCUT2D eigenvalue weighted by molar-refractivity contribution is 9.10. The van der Waals surface area contributed by atoms with E-state index in [0.717, 1.165) is 11.1 Å². The van der Waals surface area contributed by atoms with Gasteiger partial charge in [-0.05, 0) is 68.5 Å². The third-order valence-corrected chi connectivity index (χ3v) is 9.44. The fourth-order valence-corrected chi connectivity index (χ4v) is 7.29. The number of ketones is 2. The maximum Gasteiger partial charge on any atom is 0.238 e. The minimum absolute atomic E-state index is 0.150. The molecule has 0 aromatic heterocycles. The fourth-order valence-electron chi connectivity index (χ4n) is 6.66. The number of benzene rings is 2. The highest BCUT2D eigenvalue weighted by Crippen LogP contribution is 2.57. The van der Waals surface area contributed by atoms with Gasteiger partial charge in [0.15, 0.2) is 23.1 Å². The number of nitrogens with zero attached hydrogens (tertiary/aromatic N) is 1. The maximum absolute atomic E-state index is 14.0.